The average molecular weight is 299 g/mol. The number of carbonyl (C=O) groups is 1. The molecule has 1 aromatic carbocycles. The van der Waals surface area contributed by atoms with E-state index in [2.05, 4.69) is 0 Å². The largest absolute Gasteiger partial charge is 0.478 e. The summed E-state index contributed by atoms with van der Waals surface area (Å²) in [6.45, 7) is 4.48. The summed E-state index contributed by atoms with van der Waals surface area (Å²) in [5.74, 6) is -1.15. The third-order valence-electron chi connectivity index (χ3n) is 3.11. The average Bonchev–Trinajstić information content (AvgIpc) is 2.37. The lowest BCUT2D eigenvalue weighted by Crippen LogP contribution is -2.50. The Morgan fingerprint density at radius 2 is 2.10 bits per heavy atom. The molecule has 1 aliphatic heterocycles. The molecular weight excluding hydrogens is 282 g/mol. The van der Waals surface area contributed by atoms with Gasteiger partial charge in [-0.1, -0.05) is 6.07 Å². The van der Waals surface area contributed by atoms with Crippen molar-refractivity contribution in [3.63, 3.8) is 0 Å². The van der Waals surface area contributed by atoms with Crippen LogP contribution in [0.15, 0.2) is 29.2 Å². The van der Waals surface area contributed by atoms with Gasteiger partial charge in [0.2, 0.25) is 10.0 Å². The number of rotatable bonds is 3. The predicted molar refractivity (Wildman–Crippen MR) is 72.2 cm³/mol. The van der Waals surface area contributed by atoms with Crippen LogP contribution in [0.1, 0.15) is 24.2 Å². The molecule has 0 atom stereocenters. The van der Waals surface area contributed by atoms with Gasteiger partial charge in [-0.05, 0) is 32.0 Å². The van der Waals surface area contributed by atoms with E-state index in [1.165, 1.54) is 28.6 Å². The maximum atomic E-state index is 12.5. The third-order valence-corrected chi connectivity index (χ3v) is 4.95. The molecule has 1 aromatic rings. The molecule has 7 heteroatoms. The van der Waals surface area contributed by atoms with Crippen molar-refractivity contribution in [1.29, 1.82) is 0 Å². The molecule has 1 aliphatic rings. The first-order valence-electron chi connectivity index (χ1n) is 6.20. The summed E-state index contributed by atoms with van der Waals surface area (Å²) in [6.07, 6.45) is 0. The number of hydrogen-bond acceptors (Lipinski definition) is 4. The lowest BCUT2D eigenvalue weighted by atomic mass is 10.1. The Labute approximate surface area is 118 Å². The summed E-state index contributed by atoms with van der Waals surface area (Å²) >= 11 is 0. The smallest absolute Gasteiger partial charge is 0.335 e. The Bertz CT molecular complexity index is 623. The molecule has 6 nitrogen and oxygen atoms in total. The van der Waals surface area contributed by atoms with E-state index in [-0.39, 0.29) is 23.5 Å². The molecule has 0 bridgehead atoms. The first kappa shape index (κ1) is 15.0. The highest BCUT2D eigenvalue weighted by Gasteiger charge is 2.35. The molecule has 2 rings (SSSR count). The van der Waals surface area contributed by atoms with Crippen molar-refractivity contribution in [2.45, 2.75) is 24.3 Å². The highest BCUT2D eigenvalue weighted by Crippen LogP contribution is 2.24. The highest BCUT2D eigenvalue weighted by molar-refractivity contribution is 7.89. The van der Waals surface area contributed by atoms with E-state index in [1.54, 1.807) is 0 Å². The first-order chi connectivity index (χ1) is 9.22. The van der Waals surface area contributed by atoms with Crippen molar-refractivity contribution in [2.24, 2.45) is 0 Å². The lowest BCUT2D eigenvalue weighted by molar-refractivity contribution is -0.0640. The van der Waals surface area contributed by atoms with Gasteiger partial charge >= 0.3 is 5.97 Å². The molecule has 110 valence electrons. The number of nitrogens with zero attached hydrogens (tertiary/aromatic N) is 1. The molecule has 1 heterocycles. The Hall–Kier alpha value is -1.44. The van der Waals surface area contributed by atoms with Crippen molar-refractivity contribution in [3.8, 4) is 0 Å². The predicted octanol–water partition coefficient (Wildman–Crippen LogP) is 1.18. The molecule has 0 saturated carbocycles. The van der Waals surface area contributed by atoms with Gasteiger partial charge in [-0.15, -0.1) is 0 Å². The Balaban J connectivity index is 2.35. The van der Waals surface area contributed by atoms with Crippen molar-refractivity contribution >= 4 is 16.0 Å². The number of benzene rings is 1. The van der Waals surface area contributed by atoms with Crippen LogP contribution in [0, 0.1) is 0 Å². The highest BCUT2D eigenvalue weighted by atomic mass is 32.2. The van der Waals surface area contributed by atoms with Gasteiger partial charge in [-0.25, -0.2) is 13.2 Å². The second-order valence-electron chi connectivity index (χ2n) is 5.28. The number of hydrogen-bond donors (Lipinski definition) is 1. The second kappa shape index (κ2) is 5.16. The SMILES string of the molecule is CC1(C)CN(S(=O)(=O)c2cccc(C(=O)O)c2)CCO1. The van der Waals surface area contributed by atoms with Crippen LogP contribution in [0.3, 0.4) is 0 Å². The number of aromatic carboxylic acids is 1. The maximum Gasteiger partial charge on any atom is 0.335 e. The standard InChI is InChI=1S/C13H17NO5S/c1-13(2)9-14(6-7-19-13)20(17,18)11-5-3-4-10(8-11)12(15)16/h3-5,8H,6-7,9H2,1-2H3,(H,15,16). The van der Waals surface area contributed by atoms with E-state index >= 15 is 0 Å². The summed E-state index contributed by atoms with van der Waals surface area (Å²) in [4.78, 5) is 10.9. The zero-order valence-electron chi connectivity index (χ0n) is 11.4. The summed E-state index contributed by atoms with van der Waals surface area (Å²) in [5, 5.41) is 8.94. The molecule has 1 saturated heterocycles. The van der Waals surface area contributed by atoms with E-state index in [9.17, 15) is 13.2 Å². The molecule has 0 spiro atoms. The van der Waals surface area contributed by atoms with Gasteiger partial charge in [0.1, 0.15) is 0 Å². The van der Waals surface area contributed by atoms with E-state index in [0.29, 0.717) is 6.61 Å². The topological polar surface area (TPSA) is 83.9 Å². The Morgan fingerprint density at radius 3 is 2.70 bits per heavy atom. The van der Waals surface area contributed by atoms with E-state index < -0.39 is 21.6 Å². The van der Waals surface area contributed by atoms with Gasteiger partial charge in [-0.2, -0.15) is 4.31 Å². The van der Waals surface area contributed by atoms with Crippen LogP contribution < -0.4 is 0 Å². The molecule has 1 N–H and O–H groups in total. The maximum absolute atomic E-state index is 12.5. The molecule has 0 unspecified atom stereocenters. The zero-order chi connectivity index (χ0) is 15.0. The van der Waals surface area contributed by atoms with Crippen LogP contribution in [-0.4, -0.2) is 49.1 Å². The Morgan fingerprint density at radius 1 is 1.40 bits per heavy atom. The molecule has 0 aliphatic carbocycles. The first-order valence-corrected chi connectivity index (χ1v) is 7.64. The van der Waals surface area contributed by atoms with Gasteiger partial charge in [0.25, 0.3) is 0 Å². The van der Waals surface area contributed by atoms with Crippen LogP contribution in [0.2, 0.25) is 0 Å². The normalized spacial score (nSPS) is 19.7. The monoisotopic (exact) mass is 299 g/mol. The lowest BCUT2D eigenvalue weighted by Gasteiger charge is -2.37. The molecule has 0 radical (unpaired) electrons. The summed E-state index contributed by atoms with van der Waals surface area (Å²) in [7, 11) is -3.70. The summed E-state index contributed by atoms with van der Waals surface area (Å²) in [5.41, 5.74) is -0.589. The minimum Gasteiger partial charge on any atom is -0.478 e. The molecule has 1 fully saturated rings. The molecule has 20 heavy (non-hydrogen) atoms. The number of morpholine rings is 1. The van der Waals surface area contributed by atoms with Gasteiger partial charge in [0, 0.05) is 13.1 Å². The van der Waals surface area contributed by atoms with Crippen LogP contribution in [0.25, 0.3) is 0 Å². The molecular formula is C13H17NO5S. The Kier molecular flexibility index (Phi) is 3.86. The number of ether oxygens (including phenoxy) is 1. The van der Waals surface area contributed by atoms with Gasteiger partial charge in [-0.3, -0.25) is 0 Å². The number of carboxylic acids is 1. The summed E-state index contributed by atoms with van der Waals surface area (Å²) in [6, 6.07) is 5.39. The third kappa shape index (κ3) is 3.00. The molecule has 0 aromatic heterocycles. The fourth-order valence-corrected chi connectivity index (χ4v) is 3.74. The van der Waals surface area contributed by atoms with Crippen molar-refractivity contribution in [1.82, 2.24) is 4.31 Å². The molecule has 0 amide bonds. The minimum absolute atomic E-state index is 0.00454. The summed E-state index contributed by atoms with van der Waals surface area (Å²) < 4.78 is 31.9. The van der Waals surface area contributed by atoms with E-state index in [1.807, 2.05) is 13.8 Å². The van der Waals surface area contributed by atoms with Gasteiger partial charge in [0.05, 0.1) is 22.7 Å². The van der Waals surface area contributed by atoms with Crippen LogP contribution >= 0.6 is 0 Å². The quantitative estimate of drug-likeness (QED) is 0.906. The number of sulfonamides is 1. The fraction of sp³-hybridized carbons (Fsp3) is 0.462. The van der Waals surface area contributed by atoms with E-state index in [4.69, 9.17) is 9.84 Å². The minimum atomic E-state index is -3.70. The van der Waals surface area contributed by atoms with Crippen molar-refractivity contribution < 1.29 is 23.1 Å². The fourth-order valence-electron chi connectivity index (χ4n) is 2.12. The zero-order valence-corrected chi connectivity index (χ0v) is 12.2. The van der Waals surface area contributed by atoms with E-state index in [0.717, 1.165) is 0 Å². The number of carboxylic acid groups (broad SMARTS) is 1. The van der Waals surface area contributed by atoms with Crippen molar-refractivity contribution in [3.05, 3.63) is 29.8 Å². The van der Waals surface area contributed by atoms with Crippen LogP contribution in [0.4, 0.5) is 0 Å². The van der Waals surface area contributed by atoms with Gasteiger partial charge in [0.15, 0.2) is 0 Å². The van der Waals surface area contributed by atoms with Gasteiger partial charge < -0.3 is 9.84 Å². The van der Waals surface area contributed by atoms with Crippen LogP contribution in [0.5, 0.6) is 0 Å². The second-order valence-corrected chi connectivity index (χ2v) is 7.22. The van der Waals surface area contributed by atoms with Crippen molar-refractivity contribution in [2.75, 3.05) is 19.7 Å². The van der Waals surface area contributed by atoms with Crippen LogP contribution in [-0.2, 0) is 14.8 Å².